The quantitative estimate of drug-likeness (QED) is 0.476. The van der Waals surface area contributed by atoms with Crippen LogP contribution in [0, 0.1) is 0 Å². The van der Waals surface area contributed by atoms with E-state index in [9.17, 15) is 0 Å². The van der Waals surface area contributed by atoms with E-state index >= 15 is 0 Å². The summed E-state index contributed by atoms with van der Waals surface area (Å²) in [6, 6.07) is 0.430. The molecule has 1 saturated heterocycles. The Morgan fingerprint density at radius 2 is 2.12 bits per heavy atom. The van der Waals surface area contributed by atoms with Crippen molar-refractivity contribution >= 4 is 0 Å². The molecule has 1 aliphatic rings. The molecule has 3 N–H and O–H groups in total. The largest absolute Gasteiger partial charge is 0.378 e. The molecular weight excluding hydrogens is 214 g/mol. The predicted molar refractivity (Wildman–Crippen MR) is 71.7 cm³/mol. The van der Waals surface area contributed by atoms with E-state index in [0.717, 1.165) is 45.5 Å². The minimum absolute atomic E-state index is 0.430. The smallest absolute Gasteiger partial charge is 0.0576 e. The summed E-state index contributed by atoms with van der Waals surface area (Å²) >= 11 is 0. The second kappa shape index (κ2) is 8.86. The molecule has 0 radical (unpaired) electrons. The van der Waals surface area contributed by atoms with Gasteiger partial charge in [0.25, 0.3) is 0 Å². The summed E-state index contributed by atoms with van der Waals surface area (Å²) in [7, 11) is 0. The first-order chi connectivity index (χ1) is 8.30. The molecule has 1 aliphatic heterocycles. The third-order valence-electron chi connectivity index (χ3n) is 3.79. The van der Waals surface area contributed by atoms with Crippen LogP contribution in [0.15, 0.2) is 0 Å². The zero-order chi connectivity index (χ0) is 12.5. The third-order valence-corrected chi connectivity index (χ3v) is 3.79. The normalized spacial score (nSPS) is 22.2. The van der Waals surface area contributed by atoms with Crippen molar-refractivity contribution < 1.29 is 4.74 Å². The van der Waals surface area contributed by atoms with Gasteiger partial charge in [-0.3, -0.25) is 11.3 Å². The van der Waals surface area contributed by atoms with Crippen molar-refractivity contribution in [3.05, 3.63) is 0 Å². The number of nitrogens with two attached hydrogens (primary N) is 1. The van der Waals surface area contributed by atoms with Crippen LogP contribution in [0.5, 0.6) is 0 Å². The van der Waals surface area contributed by atoms with Crippen molar-refractivity contribution in [2.45, 2.75) is 58.1 Å². The summed E-state index contributed by atoms with van der Waals surface area (Å²) in [5.74, 6) is 5.62. The zero-order valence-corrected chi connectivity index (χ0v) is 11.5. The number of nitrogens with zero attached hydrogens (tertiary/aromatic N) is 1. The van der Waals surface area contributed by atoms with Crippen LogP contribution >= 0.6 is 0 Å². The maximum atomic E-state index is 5.64. The summed E-state index contributed by atoms with van der Waals surface area (Å²) < 4.78 is 5.64. The molecule has 4 heteroatoms. The number of nitrogens with one attached hydrogen (secondary N) is 1. The molecule has 2 unspecified atom stereocenters. The number of rotatable bonds is 9. The number of ether oxygens (including phenoxy) is 1. The first kappa shape index (κ1) is 14.9. The van der Waals surface area contributed by atoms with Crippen LogP contribution in [-0.4, -0.2) is 43.3 Å². The molecule has 0 spiro atoms. The molecule has 1 fully saturated rings. The summed E-state index contributed by atoms with van der Waals surface area (Å²) in [5, 5.41) is 0. The molecule has 0 amide bonds. The van der Waals surface area contributed by atoms with Gasteiger partial charge in [0.05, 0.1) is 6.10 Å². The molecule has 4 nitrogen and oxygen atoms in total. The second-order valence-corrected chi connectivity index (χ2v) is 4.89. The van der Waals surface area contributed by atoms with E-state index in [1.54, 1.807) is 0 Å². The van der Waals surface area contributed by atoms with Crippen molar-refractivity contribution in [2.24, 2.45) is 5.84 Å². The highest BCUT2D eigenvalue weighted by molar-refractivity contribution is 4.71. The standard InChI is InChI=1S/C13H29N3O/c1-3-16(4-2)10-9-12(15-14)7-8-13-6-5-11-17-13/h12-13,15H,3-11,14H2,1-2H3. The zero-order valence-electron chi connectivity index (χ0n) is 11.5. The summed E-state index contributed by atoms with van der Waals surface area (Å²) in [4.78, 5) is 2.44. The molecule has 0 aromatic heterocycles. The van der Waals surface area contributed by atoms with Gasteiger partial charge in [-0.15, -0.1) is 0 Å². The average Bonchev–Trinajstić information content (AvgIpc) is 2.87. The SMILES string of the molecule is CCN(CC)CCC(CCC1CCCO1)NN. The van der Waals surface area contributed by atoms with Gasteiger partial charge >= 0.3 is 0 Å². The molecule has 17 heavy (non-hydrogen) atoms. The van der Waals surface area contributed by atoms with E-state index in [1.807, 2.05) is 0 Å². The lowest BCUT2D eigenvalue weighted by Crippen LogP contribution is -2.38. The maximum Gasteiger partial charge on any atom is 0.0576 e. The lowest BCUT2D eigenvalue weighted by molar-refractivity contribution is 0.0987. The Kier molecular flexibility index (Phi) is 7.77. The maximum absolute atomic E-state index is 5.64. The summed E-state index contributed by atoms with van der Waals surface area (Å²) in [6.45, 7) is 8.75. The Labute approximate surface area is 106 Å². The van der Waals surface area contributed by atoms with Crippen LogP contribution in [0.3, 0.4) is 0 Å². The molecule has 0 aromatic rings. The van der Waals surface area contributed by atoms with E-state index in [1.165, 1.54) is 12.8 Å². The van der Waals surface area contributed by atoms with E-state index in [0.29, 0.717) is 12.1 Å². The van der Waals surface area contributed by atoms with Gasteiger partial charge in [-0.1, -0.05) is 13.8 Å². The molecule has 0 saturated carbocycles. The van der Waals surface area contributed by atoms with E-state index in [4.69, 9.17) is 10.6 Å². The van der Waals surface area contributed by atoms with Crippen LogP contribution < -0.4 is 11.3 Å². The van der Waals surface area contributed by atoms with Gasteiger partial charge in [-0.25, -0.2) is 0 Å². The lowest BCUT2D eigenvalue weighted by atomic mass is 10.0. The highest BCUT2D eigenvalue weighted by atomic mass is 16.5. The average molecular weight is 243 g/mol. The number of hydrogen-bond donors (Lipinski definition) is 2. The third kappa shape index (κ3) is 5.82. The Morgan fingerprint density at radius 3 is 2.65 bits per heavy atom. The van der Waals surface area contributed by atoms with Crippen molar-refractivity contribution in [3.8, 4) is 0 Å². The van der Waals surface area contributed by atoms with Crippen molar-refractivity contribution in [1.82, 2.24) is 10.3 Å². The van der Waals surface area contributed by atoms with Crippen LogP contribution in [0.1, 0.15) is 46.0 Å². The van der Waals surface area contributed by atoms with Gasteiger partial charge in [0, 0.05) is 12.6 Å². The Bertz CT molecular complexity index is 174. The van der Waals surface area contributed by atoms with Crippen molar-refractivity contribution in [3.63, 3.8) is 0 Å². The van der Waals surface area contributed by atoms with Crippen LogP contribution in [-0.2, 0) is 4.74 Å². The summed E-state index contributed by atoms with van der Waals surface area (Å²) in [6.07, 6.45) is 6.35. The highest BCUT2D eigenvalue weighted by Gasteiger charge is 2.17. The first-order valence-electron chi connectivity index (χ1n) is 7.10. The summed E-state index contributed by atoms with van der Waals surface area (Å²) in [5.41, 5.74) is 2.95. The molecule has 0 aliphatic carbocycles. The minimum atomic E-state index is 0.430. The molecule has 1 heterocycles. The van der Waals surface area contributed by atoms with E-state index in [2.05, 4.69) is 24.2 Å². The number of hydrazine groups is 1. The molecule has 0 aromatic carbocycles. The molecule has 0 bridgehead atoms. The van der Waals surface area contributed by atoms with Crippen LogP contribution in [0.4, 0.5) is 0 Å². The fourth-order valence-corrected chi connectivity index (χ4v) is 2.45. The molecule has 2 atom stereocenters. The Balaban J connectivity index is 2.13. The van der Waals surface area contributed by atoms with E-state index < -0.39 is 0 Å². The van der Waals surface area contributed by atoms with Crippen molar-refractivity contribution in [2.75, 3.05) is 26.2 Å². The molecular formula is C13H29N3O. The first-order valence-corrected chi connectivity index (χ1v) is 7.10. The van der Waals surface area contributed by atoms with Gasteiger partial charge in [0.1, 0.15) is 0 Å². The highest BCUT2D eigenvalue weighted by Crippen LogP contribution is 2.18. The predicted octanol–water partition coefficient (Wildman–Crippen LogP) is 1.51. The fourth-order valence-electron chi connectivity index (χ4n) is 2.45. The Hall–Kier alpha value is -0.160. The topological polar surface area (TPSA) is 50.5 Å². The minimum Gasteiger partial charge on any atom is -0.378 e. The van der Waals surface area contributed by atoms with Gasteiger partial charge in [0.2, 0.25) is 0 Å². The van der Waals surface area contributed by atoms with Gasteiger partial charge in [0.15, 0.2) is 0 Å². The molecule has 1 rings (SSSR count). The lowest BCUT2D eigenvalue weighted by Gasteiger charge is -2.23. The Morgan fingerprint density at radius 1 is 1.35 bits per heavy atom. The molecule has 102 valence electrons. The van der Waals surface area contributed by atoms with Crippen molar-refractivity contribution in [1.29, 1.82) is 0 Å². The van der Waals surface area contributed by atoms with Gasteiger partial charge in [-0.05, 0) is 51.7 Å². The van der Waals surface area contributed by atoms with E-state index in [-0.39, 0.29) is 0 Å². The van der Waals surface area contributed by atoms with Crippen LogP contribution in [0.25, 0.3) is 0 Å². The van der Waals surface area contributed by atoms with Gasteiger partial charge < -0.3 is 9.64 Å². The monoisotopic (exact) mass is 243 g/mol. The second-order valence-electron chi connectivity index (χ2n) is 4.89. The number of hydrogen-bond acceptors (Lipinski definition) is 4. The van der Waals surface area contributed by atoms with Crippen LogP contribution in [0.2, 0.25) is 0 Å². The fraction of sp³-hybridized carbons (Fsp3) is 1.00. The van der Waals surface area contributed by atoms with Gasteiger partial charge in [-0.2, -0.15) is 0 Å².